The summed E-state index contributed by atoms with van der Waals surface area (Å²) < 4.78 is 37.9. The predicted octanol–water partition coefficient (Wildman–Crippen LogP) is 3.46. The molecule has 0 aliphatic rings. The fraction of sp³-hybridized carbons (Fsp3) is 0.267. The maximum Gasteiger partial charge on any atom is 0.416 e. The molecule has 1 unspecified atom stereocenters. The molecule has 0 aliphatic heterocycles. The fourth-order valence-electron chi connectivity index (χ4n) is 1.90. The minimum atomic E-state index is -4.42. The Morgan fingerprint density at radius 2 is 2.09 bits per heavy atom. The van der Waals surface area contributed by atoms with Gasteiger partial charge in [-0.2, -0.15) is 18.4 Å². The Morgan fingerprint density at radius 3 is 2.73 bits per heavy atom. The van der Waals surface area contributed by atoms with Gasteiger partial charge < -0.3 is 10.4 Å². The van der Waals surface area contributed by atoms with Crippen molar-refractivity contribution >= 4 is 11.3 Å². The highest BCUT2D eigenvalue weighted by Gasteiger charge is 2.30. The summed E-state index contributed by atoms with van der Waals surface area (Å²) in [5, 5.41) is 23.4. The minimum Gasteiger partial charge on any atom is -0.387 e. The summed E-state index contributed by atoms with van der Waals surface area (Å²) in [6.07, 6.45) is -5.45. The highest BCUT2D eigenvalue weighted by molar-refractivity contribution is 7.10. The first-order chi connectivity index (χ1) is 10.4. The van der Waals surface area contributed by atoms with E-state index in [0.29, 0.717) is 12.1 Å². The van der Waals surface area contributed by atoms with E-state index >= 15 is 0 Å². The lowest BCUT2D eigenvalue weighted by atomic mass is 10.1. The van der Waals surface area contributed by atoms with Crippen LogP contribution in [0.3, 0.4) is 0 Å². The molecule has 7 heteroatoms. The fourth-order valence-corrected chi connectivity index (χ4v) is 2.68. The molecule has 3 nitrogen and oxygen atoms in total. The number of rotatable bonds is 5. The second kappa shape index (κ2) is 6.92. The number of nitrogens with zero attached hydrogens (tertiary/aromatic N) is 1. The zero-order valence-electron chi connectivity index (χ0n) is 11.4. The van der Waals surface area contributed by atoms with Crippen molar-refractivity contribution in [1.82, 2.24) is 5.32 Å². The topological polar surface area (TPSA) is 56.0 Å². The lowest BCUT2D eigenvalue weighted by Crippen LogP contribution is -2.21. The van der Waals surface area contributed by atoms with E-state index in [-0.39, 0.29) is 12.1 Å². The highest BCUT2D eigenvalue weighted by atomic mass is 32.1. The molecular formula is C15H13F3N2OS. The van der Waals surface area contributed by atoms with Crippen LogP contribution in [-0.2, 0) is 12.7 Å². The van der Waals surface area contributed by atoms with Crippen molar-refractivity contribution < 1.29 is 18.3 Å². The van der Waals surface area contributed by atoms with Crippen molar-refractivity contribution in [3.8, 4) is 6.07 Å². The monoisotopic (exact) mass is 326 g/mol. The van der Waals surface area contributed by atoms with Crippen LogP contribution in [0, 0.1) is 11.3 Å². The first-order valence-electron chi connectivity index (χ1n) is 6.43. The van der Waals surface area contributed by atoms with Crippen LogP contribution in [0.1, 0.15) is 27.7 Å². The van der Waals surface area contributed by atoms with Gasteiger partial charge in [-0.25, -0.2) is 0 Å². The maximum absolute atomic E-state index is 12.6. The molecule has 0 aliphatic carbocycles. The van der Waals surface area contributed by atoms with Gasteiger partial charge in [0, 0.05) is 23.3 Å². The Hall–Kier alpha value is -1.88. The highest BCUT2D eigenvalue weighted by Crippen LogP contribution is 2.30. The van der Waals surface area contributed by atoms with Crippen LogP contribution in [0.15, 0.2) is 35.7 Å². The number of hydrogen-bond donors (Lipinski definition) is 2. The molecule has 0 radical (unpaired) electrons. The standard InChI is InChI=1S/C15H13F3N2OS/c16-15(17,18)12-3-1-2-11(5-12)14(21)8-20-7-13-4-10(6-19)9-22-13/h1-5,9,14,20-21H,7-8H2. The van der Waals surface area contributed by atoms with Crippen LogP contribution in [0.25, 0.3) is 0 Å². The van der Waals surface area contributed by atoms with E-state index < -0.39 is 17.8 Å². The summed E-state index contributed by atoms with van der Waals surface area (Å²) in [7, 11) is 0. The number of alkyl halides is 3. The van der Waals surface area contributed by atoms with Crippen molar-refractivity contribution in [2.24, 2.45) is 0 Å². The molecule has 1 aromatic heterocycles. The Labute approximate surface area is 129 Å². The van der Waals surface area contributed by atoms with Gasteiger partial charge in [0.15, 0.2) is 0 Å². The molecule has 22 heavy (non-hydrogen) atoms. The van der Waals surface area contributed by atoms with Crippen molar-refractivity contribution in [2.75, 3.05) is 6.54 Å². The lowest BCUT2D eigenvalue weighted by Gasteiger charge is -2.14. The Morgan fingerprint density at radius 1 is 1.32 bits per heavy atom. The second-order valence-corrected chi connectivity index (χ2v) is 5.68. The predicted molar refractivity (Wildman–Crippen MR) is 77.1 cm³/mol. The summed E-state index contributed by atoms with van der Waals surface area (Å²) in [6, 6.07) is 8.41. The smallest absolute Gasteiger partial charge is 0.387 e. The molecule has 0 fully saturated rings. The molecule has 116 valence electrons. The van der Waals surface area contributed by atoms with Crippen molar-refractivity contribution in [3.63, 3.8) is 0 Å². The van der Waals surface area contributed by atoms with Gasteiger partial charge in [-0.05, 0) is 23.8 Å². The van der Waals surface area contributed by atoms with E-state index in [1.54, 1.807) is 11.4 Å². The number of aliphatic hydroxyl groups excluding tert-OH is 1. The van der Waals surface area contributed by atoms with Gasteiger partial charge in [-0.15, -0.1) is 11.3 Å². The molecule has 0 saturated carbocycles. The first-order valence-corrected chi connectivity index (χ1v) is 7.31. The quantitative estimate of drug-likeness (QED) is 0.885. The number of nitriles is 1. The van der Waals surface area contributed by atoms with Crippen molar-refractivity contribution in [3.05, 3.63) is 57.3 Å². The van der Waals surface area contributed by atoms with E-state index in [1.165, 1.54) is 23.5 Å². The first kappa shape index (κ1) is 16.5. The Bertz CT molecular complexity index is 676. The van der Waals surface area contributed by atoms with Crippen LogP contribution >= 0.6 is 11.3 Å². The average Bonchev–Trinajstić information content (AvgIpc) is 2.94. The molecule has 0 spiro atoms. The Kier molecular flexibility index (Phi) is 5.19. The van der Waals surface area contributed by atoms with E-state index in [0.717, 1.165) is 17.0 Å². The summed E-state index contributed by atoms with van der Waals surface area (Å²) >= 11 is 1.41. The normalized spacial score (nSPS) is 12.9. The molecular weight excluding hydrogens is 313 g/mol. The number of thiophene rings is 1. The summed E-state index contributed by atoms with van der Waals surface area (Å²) in [5.74, 6) is 0. The summed E-state index contributed by atoms with van der Waals surface area (Å²) in [5.41, 5.74) is 0.00686. The van der Waals surface area contributed by atoms with Crippen molar-refractivity contribution in [2.45, 2.75) is 18.8 Å². The maximum atomic E-state index is 12.6. The third kappa shape index (κ3) is 4.31. The van der Waals surface area contributed by atoms with Gasteiger partial charge in [0.05, 0.1) is 17.2 Å². The second-order valence-electron chi connectivity index (χ2n) is 4.68. The van der Waals surface area contributed by atoms with Gasteiger partial charge in [0.25, 0.3) is 0 Å². The Balaban J connectivity index is 1.92. The van der Waals surface area contributed by atoms with E-state index in [2.05, 4.69) is 5.32 Å². The third-order valence-corrected chi connectivity index (χ3v) is 3.96. The van der Waals surface area contributed by atoms with Gasteiger partial charge >= 0.3 is 6.18 Å². The van der Waals surface area contributed by atoms with Crippen LogP contribution < -0.4 is 5.32 Å². The SMILES string of the molecule is N#Cc1csc(CNCC(O)c2cccc(C(F)(F)F)c2)c1. The van der Waals surface area contributed by atoms with Gasteiger partial charge in [0.1, 0.15) is 6.07 Å². The molecule has 1 aromatic carbocycles. The molecule has 0 amide bonds. The average molecular weight is 326 g/mol. The summed E-state index contributed by atoms with van der Waals surface area (Å²) in [4.78, 5) is 0.924. The van der Waals surface area contributed by atoms with Crippen LogP contribution in [0.5, 0.6) is 0 Å². The lowest BCUT2D eigenvalue weighted by molar-refractivity contribution is -0.137. The van der Waals surface area contributed by atoms with Crippen LogP contribution in [0.4, 0.5) is 13.2 Å². The van der Waals surface area contributed by atoms with E-state index in [9.17, 15) is 18.3 Å². The molecule has 0 saturated heterocycles. The van der Waals surface area contributed by atoms with Crippen LogP contribution in [0.2, 0.25) is 0 Å². The molecule has 2 aromatic rings. The van der Waals surface area contributed by atoms with Gasteiger partial charge in [-0.1, -0.05) is 12.1 Å². The van der Waals surface area contributed by atoms with Gasteiger partial charge in [-0.3, -0.25) is 0 Å². The number of benzene rings is 1. The zero-order valence-corrected chi connectivity index (χ0v) is 12.2. The van der Waals surface area contributed by atoms with Gasteiger partial charge in [0.2, 0.25) is 0 Å². The molecule has 2 rings (SSSR count). The molecule has 2 N–H and O–H groups in total. The number of aliphatic hydroxyl groups is 1. The van der Waals surface area contributed by atoms with Crippen molar-refractivity contribution in [1.29, 1.82) is 5.26 Å². The number of hydrogen-bond acceptors (Lipinski definition) is 4. The zero-order chi connectivity index (χ0) is 16.2. The van der Waals surface area contributed by atoms with E-state index in [4.69, 9.17) is 5.26 Å². The minimum absolute atomic E-state index is 0.126. The largest absolute Gasteiger partial charge is 0.416 e. The molecule has 0 bridgehead atoms. The molecule has 1 atom stereocenters. The number of halogens is 3. The van der Waals surface area contributed by atoms with E-state index in [1.807, 2.05) is 6.07 Å². The van der Waals surface area contributed by atoms with Crippen LogP contribution in [-0.4, -0.2) is 11.7 Å². The number of nitrogens with one attached hydrogen (secondary N) is 1. The summed E-state index contributed by atoms with van der Waals surface area (Å²) in [6.45, 7) is 0.573. The third-order valence-electron chi connectivity index (χ3n) is 3.02. The molecule has 1 heterocycles.